The van der Waals surface area contributed by atoms with E-state index in [0.29, 0.717) is 22.6 Å². The number of carbonyl (C=O) groups excluding carboxylic acids is 2. The summed E-state index contributed by atoms with van der Waals surface area (Å²) in [6.45, 7) is 3.62. The lowest BCUT2D eigenvalue weighted by Crippen LogP contribution is -2.14. The van der Waals surface area contributed by atoms with Crippen LogP contribution in [0.15, 0.2) is 57.9 Å². The number of aryl methyl sites for hydroxylation is 2. The molecule has 0 saturated carbocycles. The number of hydrogen-bond donors (Lipinski definition) is 0. The van der Waals surface area contributed by atoms with Crippen LogP contribution in [0.25, 0.3) is 0 Å². The fourth-order valence-electron chi connectivity index (χ4n) is 2.65. The molecule has 0 aliphatic carbocycles. The molecule has 0 aliphatic rings. The SMILES string of the molecule is CSc1ccc(C(=O)COC(=O)c2cccc(OCc3c(C)noc3C)c2)cc1. The molecule has 3 rings (SSSR count). The van der Waals surface area contributed by atoms with Gasteiger partial charge in [-0.1, -0.05) is 23.4 Å². The molecule has 2 aromatic carbocycles. The van der Waals surface area contributed by atoms with Crippen LogP contribution in [-0.2, 0) is 11.3 Å². The van der Waals surface area contributed by atoms with Gasteiger partial charge in [0.1, 0.15) is 18.1 Å². The molecule has 0 saturated heterocycles. The normalized spacial score (nSPS) is 10.6. The number of Topliss-reactive ketones (excluding diaryl/α,β-unsaturated/α-hetero) is 1. The second kappa shape index (κ2) is 9.43. The number of aromatic nitrogens is 1. The van der Waals surface area contributed by atoms with Crippen molar-refractivity contribution >= 4 is 23.5 Å². The molecule has 150 valence electrons. The molecule has 6 nitrogen and oxygen atoms in total. The molecule has 0 N–H and O–H groups in total. The highest BCUT2D eigenvalue weighted by molar-refractivity contribution is 7.98. The van der Waals surface area contributed by atoms with Crippen LogP contribution in [0, 0.1) is 13.8 Å². The van der Waals surface area contributed by atoms with Gasteiger partial charge in [-0.25, -0.2) is 4.79 Å². The first kappa shape index (κ1) is 20.7. The number of hydrogen-bond acceptors (Lipinski definition) is 7. The van der Waals surface area contributed by atoms with Crippen molar-refractivity contribution in [1.29, 1.82) is 0 Å². The van der Waals surface area contributed by atoms with Crippen molar-refractivity contribution in [3.63, 3.8) is 0 Å². The molecule has 0 bridgehead atoms. The second-order valence-electron chi connectivity index (χ2n) is 6.35. The van der Waals surface area contributed by atoms with Gasteiger partial charge in [-0.2, -0.15) is 0 Å². The van der Waals surface area contributed by atoms with Gasteiger partial charge in [0, 0.05) is 10.5 Å². The van der Waals surface area contributed by atoms with Crippen LogP contribution in [0.5, 0.6) is 5.75 Å². The Morgan fingerprint density at radius 2 is 1.83 bits per heavy atom. The fourth-order valence-corrected chi connectivity index (χ4v) is 3.06. The average molecular weight is 411 g/mol. The first-order valence-corrected chi connectivity index (χ1v) is 10.2. The molecule has 0 fully saturated rings. The molecule has 0 amide bonds. The largest absolute Gasteiger partial charge is 0.489 e. The van der Waals surface area contributed by atoms with Crippen molar-refractivity contribution in [2.45, 2.75) is 25.3 Å². The van der Waals surface area contributed by atoms with Crippen LogP contribution in [-0.4, -0.2) is 29.8 Å². The molecule has 1 heterocycles. The number of esters is 1. The van der Waals surface area contributed by atoms with Crippen LogP contribution >= 0.6 is 11.8 Å². The van der Waals surface area contributed by atoms with Gasteiger partial charge >= 0.3 is 5.97 Å². The predicted octanol–water partition coefficient (Wildman–Crippen LogP) is 4.63. The van der Waals surface area contributed by atoms with E-state index in [1.807, 2.05) is 32.2 Å². The van der Waals surface area contributed by atoms with Crippen LogP contribution in [0.3, 0.4) is 0 Å². The summed E-state index contributed by atoms with van der Waals surface area (Å²) in [4.78, 5) is 25.6. The van der Waals surface area contributed by atoms with Gasteiger partial charge in [-0.05, 0) is 50.4 Å². The Labute approximate surface area is 173 Å². The van der Waals surface area contributed by atoms with Gasteiger partial charge in [-0.15, -0.1) is 11.8 Å². The molecule has 7 heteroatoms. The van der Waals surface area contributed by atoms with Gasteiger partial charge in [0.05, 0.1) is 16.8 Å². The molecule has 0 unspecified atom stereocenters. The third kappa shape index (κ3) is 5.26. The van der Waals surface area contributed by atoms with Gasteiger partial charge in [0.2, 0.25) is 0 Å². The van der Waals surface area contributed by atoms with Crippen molar-refractivity contribution in [1.82, 2.24) is 5.16 Å². The van der Waals surface area contributed by atoms with Crippen molar-refractivity contribution in [2.75, 3.05) is 12.9 Å². The van der Waals surface area contributed by atoms with E-state index in [0.717, 1.165) is 16.2 Å². The van der Waals surface area contributed by atoms with E-state index in [1.165, 1.54) is 0 Å². The number of carbonyl (C=O) groups is 2. The molecule has 0 atom stereocenters. The van der Waals surface area contributed by atoms with Crippen LogP contribution < -0.4 is 4.74 Å². The zero-order valence-corrected chi connectivity index (χ0v) is 17.2. The summed E-state index contributed by atoms with van der Waals surface area (Å²) in [6.07, 6.45) is 1.96. The number of rotatable bonds is 8. The smallest absolute Gasteiger partial charge is 0.338 e. The van der Waals surface area contributed by atoms with E-state index in [9.17, 15) is 9.59 Å². The standard InChI is InChI=1S/C22H21NO5S/c1-14-20(15(2)28-23-14)12-26-18-6-4-5-17(11-18)22(25)27-13-21(24)16-7-9-19(29-3)10-8-16/h4-11H,12-13H2,1-3H3. The zero-order chi connectivity index (χ0) is 20.8. The molecular formula is C22H21NO5S. The summed E-state index contributed by atoms with van der Waals surface area (Å²) in [6, 6.07) is 13.8. The quantitative estimate of drug-likeness (QED) is 0.304. The Morgan fingerprint density at radius 1 is 1.07 bits per heavy atom. The molecule has 0 radical (unpaired) electrons. The van der Waals surface area contributed by atoms with Gasteiger partial charge < -0.3 is 14.0 Å². The van der Waals surface area contributed by atoms with Crippen LogP contribution in [0.2, 0.25) is 0 Å². The minimum atomic E-state index is -0.582. The summed E-state index contributed by atoms with van der Waals surface area (Å²) >= 11 is 1.59. The molecule has 0 aliphatic heterocycles. The summed E-state index contributed by atoms with van der Waals surface area (Å²) in [5.74, 6) is 0.374. The highest BCUT2D eigenvalue weighted by atomic mass is 32.2. The lowest BCUT2D eigenvalue weighted by Gasteiger charge is -2.08. The van der Waals surface area contributed by atoms with E-state index in [-0.39, 0.29) is 19.0 Å². The third-order valence-electron chi connectivity index (χ3n) is 4.38. The van der Waals surface area contributed by atoms with E-state index >= 15 is 0 Å². The summed E-state index contributed by atoms with van der Waals surface area (Å²) in [7, 11) is 0. The van der Waals surface area contributed by atoms with E-state index in [1.54, 1.807) is 48.2 Å². The Morgan fingerprint density at radius 3 is 2.48 bits per heavy atom. The van der Waals surface area contributed by atoms with Gasteiger partial charge in [0.15, 0.2) is 12.4 Å². The van der Waals surface area contributed by atoms with E-state index in [4.69, 9.17) is 14.0 Å². The maximum absolute atomic E-state index is 12.3. The molecule has 3 aromatic rings. The third-order valence-corrected chi connectivity index (χ3v) is 5.12. The lowest BCUT2D eigenvalue weighted by molar-refractivity contribution is 0.0474. The Hall–Kier alpha value is -3.06. The molecule has 0 spiro atoms. The highest BCUT2D eigenvalue weighted by Crippen LogP contribution is 2.19. The first-order valence-electron chi connectivity index (χ1n) is 8.97. The maximum Gasteiger partial charge on any atom is 0.338 e. The number of ketones is 1. The summed E-state index contributed by atoms with van der Waals surface area (Å²) in [5, 5.41) is 3.89. The van der Waals surface area contributed by atoms with Gasteiger partial charge in [0.25, 0.3) is 0 Å². The Balaban J connectivity index is 1.58. The number of thioether (sulfide) groups is 1. The lowest BCUT2D eigenvalue weighted by atomic mass is 10.1. The minimum Gasteiger partial charge on any atom is -0.489 e. The zero-order valence-electron chi connectivity index (χ0n) is 16.4. The average Bonchev–Trinajstić information content (AvgIpc) is 3.07. The predicted molar refractivity (Wildman–Crippen MR) is 110 cm³/mol. The topological polar surface area (TPSA) is 78.6 Å². The summed E-state index contributed by atoms with van der Waals surface area (Å²) < 4.78 is 16.0. The molecule has 29 heavy (non-hydrogen) atoms. The van der Waals surface area contributed by atoms with Crippen LogP contribution in [0.1, 0.15) is 37.7 Å². The fraction of sp³-hybridized carbons (Fsp3) is 0.227. The number of benzene rings is 2. The Bertz CT molecular complexity index is 991. The number of nitrogens with zero attached hydrogens (tertiary/aromatic N) is 1. The van der Waals surface area contributed by atoms with Crippen LogP contribution in [0.4, 0.5) is 0 Å². The van der Waals surface area contributed by atoms with Crippen molar-refractivity contribution in [3.8, 4) is 5.75 Å². The monoisotopic (exact) mass is 411 g/mol. The Kier molecular flexibility index (Phi) is 6.72. The van der Waals surface area contributed by atoms with Crippen molar-refractivity contribution < 1.29 is 23.6 Å². The molecule has 1 aromatic heterocycles. The van der Waals surface area contributed by atoms with E-state index in [2.05, 4.69) is 5.16 Å². The first-order chi connectivity index (χ1) is 14.0. The van der Waals surface area contributed by atoms with Gasteiger partial charge in [-0.3, -0.25) is 4.79 Å². The minimum absolute atomic E-state index is 0.253. The van der Waals surface area contributed by atoms with Crippen molar-refractivity contribution in [3.05, 3.63) is 76.7 Å². The maximum atomic E-state index is 12.3. The molecular weight excluding hydrogens is 390 g/mol. The van der Waals surface area contributed by atoms with Crippen molar-refractivity contribution in [2.24, 2.45) is 0 Å². The van der Waals surface area contributed by atoms with E-state index < -0.39 is 5.97 Å². The second-order valence-corrected chi connectivity index (χ2v) is 7.23. The number of ether oxygens (including phenoxy) is 2. The summed E-state index contributed by atoms with van der Waals surface area (Å²) in [5.41, 5.74) is 2.46. The highest BCUT2D eigenvalue weighted by Gasteiger charge is 2.14.